The van der Waals surface area contributed by atoms with E-state index in [1.807, 2.05) is 11.9 Å². The van der Waals surface area contributed by atoms with E-state index in [2.05, 4.69) is 0 Å². The summed E-state index contributed by atoms with van der Waals surface area (Å²) in [5.74, 6) is -0.974. The molecule has 0 atom stereocenters. The highest BCUT2D eigenvalue weighted by Crippen LogP contribution is 2.41. The number of benzene rings is 1. The molecule has 1 aromatic carbocycles. The third-order valence-electron chi connectivity index (χ3n) is 4.05. The number of likely N-dealkylation sites (tertiary alicyclic amines) is 1. The van der Waals surface area contributed by atoms with Gasteiger partial charge in [0.05, 0.1) is 10.3 Å². The normalized spacial score (nSPS) is 18.6. The van der Waals surface area contributed by atoms with E-state index < -0.39 is 16.3 Å². The van der Waals surface area contributed by atoms with Crippen molar-refractivity contribution in [2.24, 2.45) is 0 Å². The molecule has 1 aromatic rings. The third kappa shape index (κ3) is 2.20. The number of carboxylic acid groups (broad SMARTS) is 1. The Morgan fingerprint density at radius 3 is 2.55 bits per heavy atom. The van der Waals surface area contributed by atoms with Crippen LogP contribution < -0.4 is 5.73 Å². The number of hydrogen-bond donors (Lipinski definition) is 2. The van der Waals surface area contributed by atoms with Crippen molar-refractivity contribution in [2.75, 3.05) is 25.9 Å². The second-order valence-corrected chi connectivity index (χ2v) is 5.19. The van der Waals surface area contributed by atoms with Crippen LogP contribution in [0.5, 0.6) is 0 Å². The number of aliphatic carboxylic acids is 1. The number of rotatable bonds is 3. The van der Waals surface area contributed by atoms with Gasteiger partial charge in [-0.15, -0.1) is 0 Å². The molecule has 7 nitrogen and oxygen atoms in total. The Hall–Kier alpha value is -2.15. The van der Waals surface area contributed by atoms with Gasteiger partial charge in [0.1, 0.15) is 5.69 Å². The number of piperidine rings is 1. The lowest BCUT2D eigenvalue weighted by molar-refractivity contribution is -0.384. The predicted molar refractivity (Wildman–Crippen MR) is 73.6 cm³/mol. The zero-order chi connectivity index (χ0) is 14.9. The first-order valence-electron chi connectivity index (χ1n) is 6.34. The van der Waals surface area contributed by atoms with Crippen molar-refractivity contribution in [3.8, 4) is 0 Å². The van der Waals surface area contributed by atoms with Gasteiger partial charge < -0.3 is 15.7 Å². The highest BCUT2D eigenvalue weighted by molar-refractivity contribution is 5.85. The first kappa shape index (κ1) is 14.3. The van der Waals surface area contributed by atoms with Crippen molar-refractivity contribution in [1.82, 2.24) is 4.90 Å². The Labute approximate surface area is 116 Å². The van der Waals surface area contributed by atoms with Crippen LogP contribution in [0.2, 0.25) is 0 Å². The van der Waals surface area contributed by atoms with Crippen LogP contribution in [0.1, 0.15) is 18.4 Å². The van der Waals surface area contributed by atoms with Crippen molar-refractivity contribution in [1.29, 1.82) is 0 Å². The van der Waals surface area contributed by atoms with Crippen LogP contribution in [-0.2, 0) is 10.2 Å². The fraction of sp³-hybridized carbons (Fsp3) is 0.462. The highest BCUT2D eigenvalue weighted by Gasteiger charge is 2.44. The second-order valence-electron chi connectivity index (χ2n) is 5.19. The summed E-state index contributed by atoms with van der Waals surface area (Å²) in [4.78, 5) is 24.2. The molecule has 108 valence electrons. The molecule has 20 heavy (non-hydrogen) atoms. The summed E-state index contributed by atoms with van der Waals surface area (Å²) in [5, 5.41) is 20.6. The summed E-state index contributed by atoms with van der Waals surface area (Å²) in [6, 6.07) is 4.37. The summed E-state index contributed by atoms with van der Waals surface area (Å²) in [6.45, 7) is 1.24. The van der Waals surface area contributed by atoms with E-state index in [9.17, 15) is 20.0 Å². The standard InChI is InChI=1S/C13H17N3O4/c1-15-7-5-13(6-8-15,12(17)18)9-3-2-4-10(11(9)14)16(19)20/h2-4H,5-8,14H2,1H3,(H,17,18). The SMILES string of the molecule is CN1CCC(C(=O)O)(c2cccc([N+](=O)[O-])c2N)CC1. The van der Waals surface area contributed by atoms with Crippen molar-refractivity contribution in [3.05, 3.63) is 33.9 Å². The summed E-state index contributed by atoms with van der Waals surface area (Å²) in [5.41, 5.74) is 4.80. The van der Waals surface area contributed by atoms with Gasteiger partial charge in [-0.25, -0.2) is 0 Å². The zero-order valence-corrected chi connectivity index (χ0v) is 11.2. The topological polar surface area (TPSA) is 110 Å². The van der Waals surface area contributed by atoms with Crippen LogP contribution in [0.4, 0.5) is 11.4 Å². The molecule has 0 bridgehead atoms. The van der Waals surface area contributed by atoms with E-state index in [4.69, 9.17) is 5.73 Å². The molecule has 0 aliphatic carbocycles. The molecule has 0 radical (unpaired) electrons. The first-order chi connectivity index (χ1) is 9.38. The van der Waals surface area contributed by atoms with Crippen LogP contribution in [0.3, 0.4) is 0 Å². The zero-order valence-electron chi connectivity index (χ0n) is 11.2. The van der Waals surface area contributed by atoms with Crippen molar-refractivity contribution in [3.63, 3.8) is 0 Å². The summed E-state index contributed by atoms with van der Waals surface area (Å²) in [6.07, 6.45) is 0.786. The predicted octanol–water partition coefficient (Wildman–Crippen LogP) is 1.23. The molecule has 0 unspecified atom stereocenters. The molecule has 1 aliphatic heterocycles. The molecular formula is C13H17N3O4. The van der Waals surface area contributed by atoms with Crippen molar-refractivity contribution < 1.29 is 14.8 Å². The van der Waals surface area contributed by atoms with E-state index in [1.54, 1.807) is 6.07 Å². The molecule has 7 heteroatoms. The maximum Gasteiger partial charge on any atom is 0.314 e. The van der Waals surface area contributed by atoms with Crippen LogP contribution in [-0.4, -0.2) is 41.0 Å². The lowest BCUT2D eigenvalue weighted by atomic mass is 9.72. The van der Waals surface area contributed by atoms with Crippen LogP contribution in [0, 0.1) is 10.1 Å². The van der Waals surface area contributed by atoms with Gasteiger partial charge in [0, 0.05) is 6.07 Å². The van der Waals surface area contributed by atoms with Gasteiger partial charge in [0.15, 0.2) is 0 Å². The van der Waals surface area contributed by atoms with E-state index in [0.29, 0.717) is 31.5 Å². The minimum Gasteiger partial charge on any atom is -0.481 e. The largest absolute Gasteiger partial charge is 0.481 e. The van der Waals surface area contributed by atoms with Crippen molar-refractivity contribution >= 4 is 17.3 Å². The Morgan fingerprint density at radius 2 is 2.05 bits per heavy atom. The summed E-state index contributed by atoms with van der Waals surface area (Å²) in [7, 11) is 1.92. The average molecular weight is 279 g/mol. The fourth-order valence-electron chi connectivity index (χ4n) is 2.73. The smallest absolute Gasteiger partial charge is 0.314 e. The first-order valence-corrected chi connectivity index (χ1v) is 6.34. The lowest BCUT2D eigenvalue weighted by Gasteiger charge is -2.38. The van der Waals surface area contributed by atoms with Gasteiger partial charge in [-0.2, -0.15) is 0 Å². The van der Waals surface area contributed by atoms with Gasteiger partial charge in [0.2, 0.25) is 0 Å². The number of nitro benzene ring substituents is 1. The Kier molecular flexibility index (Phi) is 3.63. The van der Waals surface area contributed by atoms with E-state index in [1.165, 1.54) is 12.1 Å². The van der Waals surface area contributed by atoms with Gasteiger partial charge in [-0.1, -0.05) is 12.1 Å². The number of nitrogens with two attached hydrogens (primary N) is 1. The molecular weight excluding hydrogens is 262 g/mol. The lowest BCUT2D eigenvalue weighted by Crippen LogP contribution is -2.46. The molecule has 1 aliphatic rings. The number of nitrogens with zero attached hydrogens (tertiary/aromatic N) is 2. The molecule has 1 heterocycles. The highest BCUT2D eigenvalue weighted by atomic mass is 16.6. The van der Waals surface area contributed by atoms with Crippen LogP contribution >= 0.6 is 0 Å². The number of hydrogen-bond acceptors (Lipinski definition) is 5. The maximum absolute atomic E-state index is 11.8. The van der Waals surface area contributed by atoms with Gasteiger partial charge in [-0.3, -0.25) is 14.9 Å². The number of anilines is 1. The number of carboxylic acids is 1. The Morgan fingerprint density at radius 1 is 1.45 bits per heavy atom. The van der Waals surface area contributed by atoms with Crippen LogP contribution in [0.25, 0.3) is 0 Å². The monoisotopic (exact) mass is 279 g/mol. The minimum absolute atomic E-state index is 0.0375. The van der Waals surface area contributed by atoms with Crippen molar-refractivity contribution in [2.45, 2.75) is 18.3 Å². The quantitative estimate of drug-likeness (QED) is 0.489. The van der Waals surface area contributed by atoms with E-state index >= 15 is 0 Å². The molecule has 0 amide bonds. The second kappa shape index (κ2) is 5.09. The average Bonchev–Trinajstić information content (AvgIpc) is 2.40. The molecule has 3 N–H and O–H groups in total. The molecule has 2 rings (SSSR count). The van der Waals surface area contributed by atoms with Gasteiger partial charge in [0.25, 0.3) is 5.69 Å². The maximum atomic E-state index is 11.8. The molecule has 0 saturated carbocycles. The van der Waals surface area contributed by atoms with Gasteiger partial charge >= 0.3 is 5.97 Å². The number of para-hydroxylation sites is 1. The number of nitrogen functional groups attached to an aromatic ring is 1. The fourth-order valence-corrected chi connectivity index (χ4v) is 2.73. The minimum atomic E-state index is -1.14. The van der Waals surface area contributed by atoms with E-state index in [-0.39, 0.29) is 11.4 Å². The molecule has 1 fully saturated rings. The third-order valence-corrected chi connectivity index (χ3v) is 4.05. The molecule has 1 saturated heterocycles. The van der Waals surface area contributed by atoms with Gasteiger partial charge in [-0.05, 0) is 38.5 Å². The molecule has 0 spiro atoms. The molecule has 0 aromatic heterocycles. The number of carbonyl (C=O) groups is 1. The Bertz CT molecular complexity index is 551. The number of nitro groups is 1. The van der Waals surface area contributed by atoms with Crippen LogP contribution in [0.15, 0.2) is 18.2 Å². The summed E-state index contributed by atoms with van der Waals surface area (Å²) < 4.78 is 0. The summed E-state index contributed by atoms with van der Waals surface area (Å²) >= 11 is 0. The Balaban J connectivity index is 2.54. The van der Waals surface area contributed by atoms with E-state index in [0.717, 1.165) is 0 Å².